The molecule has 105 heavy (non-hydrogen) atoms. The summed E-state index contributed by atoms with van der Waals surface area (Å²) >= 11 is 44.5. The number of morpholine rings is 1. The number of carbonyl (C=O) groups excluding carboxylic acids is 3. The molecule has 3 aliphatic carbocycles. The number of para-hydroxylation sites is 2. The molecule has 1 atom stereocenters. The first-order valence-corrected chi connectivity index (χ1v) is 38.5. The van der Waals surface area contributed by atoms with Gasteiger partial charge in [-0.05, 0) is 233 Å². The highest BCUT2D eigenvalue weighted by molar-refractivity contribution is 6.35. The third-order valence-electron chi connectivity index (χ3n) is 19.3. The molecule has 3 amide bonds. The van der Waals surface area contributed by atoms with Crippen molar-refractivity contribution in [2.45, 2.75) is 109 Å². The summed E-state index contributed by atoms with van der Waals surface area (Å²) in [5, 5.41) is 26.0. The molecule has 15 nitrogen and oxygen atoms in total. The van der Waals surface area contributed by atoms with Gasteiger partial charge in [0.05, 0.1) is 68.5 Å². The zero-order chi connectivity index (χ0) is 72.9. The molecular formula is C83H80Cl7N11O4. The van der Waals surface area contributed by atoms with E-state index in [9.17, 15) is 14.4 Å². The van der Waals surface area contributed by atoms with Crippen LogP contribution >= 0.6 is 81.2 Å². The van der Waals surface area contributed by atoms with Crippen molar-refractivity contribution in [3.63, 3.8) is 0 Å². The lowest BCUT2D eigenvalue weighted by Gasteiger charge is -2.26. The molecule has 10 aromatic rings. The average Bonchev–Trinajstić information content (AvgIpc) is 1.63. The van der Waals surface area contributed by atoms with Crippen molar-refractivity contribution in [2.75, 3.05) is 39.4 Å². The van der Waals surface area contributed by atoms with Gasteiger partial charge in [-0.1, -0.05) is 179 Å². The molecule has 2 saturated heterocycles. The molecule has 5 aliphatic rings. The van der Waals surface area contributed by atoms with E-state index in [4.69, 9.17) is 101 Å². The summed E-state index contributed by atoms with van der Waals surface area (Å²) in [5.41, 5.74) is 22.9. The van der Waals surface area contributed by atoms with Crippen LogP contribution in [0.1, 0.15) is 178 Å². The molecule has 15 rings (SSSR count). The number of halogens is 7. The quantitative estimate of drug-likeness (QED) is 0.0956. The predicted molar refractivity (Wildman–Crippen MR) is 426 cm³/mol. The number of rotatable bonds is 13. The molecule has 3 N–H and O–H groups in total. The monoisotopic (exact) mass is 1540 g/mol. The van der Waals surface area contributed by atoms with Crippen molar-refractivity contribution in [1.82, 2.24) is 55.5 Å². The van der Waals surface area contributed by atoms with Crippen molar-refractivity contribution in [2.24, 2.45) is 0 Å². The van der Waals surface area contributed by atoms with E-state index < -0.39 is 0 Å². The van der Waals surface area contributed by atoms with Crippen LogP contribution in [0, 0.1) is 0 Å². The smallest absolute Gasteiger partial charge is 0.286 e. The molecule has 0 spiro atoms. The normalized spacial score (nSPS) is 16.9. The second kappa shape index (κ2) is 35.4. The Hall–Kier alpha value is -8.29. The fourth-order valence-corrected chi connectivity index (χ4v) is 15.3. The first kappa shape index (κ1) is 75.0. The van der Waals surface area contributed by atoms with Gasteiger partial charge in [-0.15, -0.1) is 0 Å². The van der Waals surface area contributed by atoms with Gasteiger partial charge in [0.25, 0.3) is 17.7 Å². The van der Waals surface area contributed by atoms with E-state index in [1.807, 2.05) is 178 Å². The summed E-state index contributed by atoms with van der Waals surface area (Å²) in [4.78, 5) is 40.5. The maximum absolute atomic E-state index is 13.6. The number of fused-ring (bicyclic) bond motifs is 3. The van der Waals surface area contributed by atoms with E-state index >= 15 is 0 Å². The number of aromatic nitrogens is 6. The van der Waals surface area contributed by atoms with Gasteiger partial charge < -0.3 is 10.1 Å². The fourth-order valence-electron chi connectivity index (χ4n) is 14.1. The van der Waals surface area contributed by atoms with Crippen LogP contribution in [0.3, 0.4) is 0 Å². The molecule has 0 radical (unpaired) electrons. The number of carbonyl (C=O) groups is 3. The van der Waals surface area contributed by atoms with Crippen molar-refractivity contribution in [3.05, 3.63) is 278 Å². The molecule has 540 valence electrons. The Kier molecular flexibility index (Phi) is 25.3. The molecular weight excluding hydrogens is 1460 g/mol. The Labute approximate surface area is 647 Å². The lowest BCUT2D eigenvalue weighted by Crippen LogP contribution is -2.48. The van der Waals surface area contributed by atoms with Crippen molar-refractivity contribution >= 4 is 134 Å². The van der Waals surface area contributed by atoms with E-state index in [0.29, 0.717) is 84.2 Å². The standard InChI is InChI=1S/C30H26Cl3N3O.C27H28Cl2N4O.C26H26Cl2N4O2/c1-19(21-7-3-2-4-8-21)34-30(37)28-25-10-6-5-9-22(17-20-11-13-23(31)14-12-20)29(25)36(35-28)27-18-24(32)15-16-26(27)33;28-21-14-12-19(13-15-21)18-20-8-2-3-9-22-25(27(34)31-32-16-6-1-7-17-32)30-33(26(20)22)24-11-5-4-10-23(24)29;27-20-11-9-18(10-12-20)17-19-5-1-2-6-21-24(26(33)30-31-13-15-34-16-14-31)29-32(25(19)21)23-8-4-3-7-22(23)28/h2-4,7-8,11-19H,5-6,9-10H2,1H3,(H,34,37);4-5,10-15,18H,1-3,6-9,16-17H2,(H,31,34);3-4,7-12,17H,1-2,5-6,13-16H2,(H,30,33)/b22-17+;20-18+;19-17+/t19-;;/m1../s1. The molecule has 22 heteroatoms. The van der Waals surface area contributed by atoms with Crippen LogP contribution in [0.15, 0.2) is 170 Å². The van der Waals surface area contributed by atoms with E-state index in [1.54, 1.807) is 22.9 Å². The lowest BCUT2D eigenvalue weighted by molar-refractivity contribution is 0.0124. The molecule has 7 aromatic carbocycles. The minimum absolute atomic E-state index is 0.142. The van der Waals surface area contributed by atoms with Gasteiger partial charge in [0.2, 0.25) is 0 Å². The SMILES string of the molecule is C[C@@H](NC(=O)c1nn(-c2cc(Cl)ccc2Cl)c2c1CCCC/C2=C\c1ccc(Cl)cc1)c1ccccc1.O=C(NN1CCCCC1)c1nn(-c2ccccc2Cl)c2c1CCCC/C2=C\c1ccc(Cl)cc1.O=C(NN1CCOCC1)c1nn(-c2ccccc2Cl)c2c1CCCC/C2=C\c1ccc(Cl)cc1. The number of allylic oxidation sites excluding steroid dienone is 3. The highest BCUT2D eigenvalue weighted by Gasteiger charge is 2.33. The van der Waals surface area contributed by atoms with Gasteiger partial charge >= 0.3 is 0 Å². The van der Waals surface area contributed by atoms with Crippen LogP contribution < -0.4 is 16.2 Å². The van der Waals surface area contributed by atoms with Crippen LogP contribution in [0.2, 0.25) is 35.2 Å². The van der Waals surface area contributed by atoms with Crippen LogP contribution in [0.4, 0.5) is 0 Å². The number of piperidine rings is 1. The summed E-state index contributed by atoms with van der Waals surface area (Å²) in [7, 11) is 0. The van der Waals surface area contributed by atoms with Crippen molar-refractivity contribution < 1.29 is 19.1 Å². The Morgan fingerprint density at radius 3 is 1.18 bits per heavy atom. The number of hydrazine groups is 2. The minimum Gasteiger partial charge on any atom is -0.379 e. The minimum atomic E-state index is -0.211. The lowest BCUT2D eigenvalue weighted by atomic mass is 10.0. The Morgan fingerprint density at radius 1 is 0.390 bits per heavy atom. The molecule has 0 saturated carbocycles. The average molecular weight is 1540 g/mol. The summed E-state index contributed by atoms with van der Waals surface area (Å²) in [5.74, 6) is -0.550. The molecule has 0 unspecified atom stereocenters. The van der Waals surface area contributed by atoms with Gasteiger partial charge in [0.15, 0.2) is 17.1 Å². The van der Waals surface area contributed by atoms with Crippen LogP contribution in [0.5, 0.6) is 0 Å². The molecule has 2 fully saturated rings. The topological polar surface area (TPSA) is 156 Å². The summed E-state index contributed by atoms with van der Waals surface area (Å²) in [6.45, 7) is 6.23. The van der Waals surface area contributed by atoms with Crippen molar-refractivity contribution in [1.29, 1.82) is 0 Å². The Morgan fingerprint density at radius 2 is 0.752 bits per heavy atom. The van der Waals surface area contributed by atoms with E-state index in [1.165, 1.54) is 6.42 Å². The molecule has 2 aliphatic heterocycles. The van der Waals surface area contributed by atoms with E-state index in [-0.39, 0.29) is 23.8 Å². The zero-order valence-electron chi connectivity index (χ0n) is 58.2. The third-order valence-corrected chi connectivity index (χ3v) is 21.3. The first-order chi connectivity index (χ1) is 51.1. The first-order valence-electron chi connectivity index (χ1n) is 35.9. The number of nitrogens with one attached hydrogen (secondary N) is 3. The highest BCUT2D eigenvalue weighted by Crippen LogP contribution is 2.41. The number of ether oxygens (including phenoxy) is 1. The number of benzene rings is 7. The zero-order valence-corrected chi connectivity index (χ0v) is 63.5. The number of nitrogens with zero attached hydrogens (tertiary/aromatic N) is 8. The van der Waals surface area contributed by atoms with Crippen LogP contribution in [0.25, 0.3) is 52.0 Å². The Balaban J connectivity index is 0.000000140. The summed E-state index contributed by atoms with van der Waals surface area (Å²) < 4.78 is 10.9. The second-order valence-corrected chi connectivity index (χ2v) is 29.6. The van der Waals surface area contributed by atoms with Crippen molar-refractivity contribution in [3.8, 4) is 17.1 Å². The van der Waals surface area contributed by atoms with Crippen LogP contribution in [-0.2, 0) is 24.0 Å². The summed E-state index contributed by atoms with van der Waals surface area (Å²) in [6.07, 6.45) is 20.9. The molecule has 3 aromatic heterocycles. The third kappa shape index (κ3) is 18.4. The van der Waals surface area contributed by atoms with Crippen LogP contribution in [-0.4, -0.2) is 96.5 Å². The molecule has 5 heterocycles. The second-order valence-electron chi connectivity index (χ2n) is 26.7. The maximum atomic E-state index is 13.6. The number of amides is 3. The maximum Gasteiger partial charge on any atom is 0.286 e. The number of hydrogen-bond donors (Lipinski definition) is 3. The van der Waals surface area contributed by atoms with E-state index in [0.717, 1.165) is 187 Å². The predicted octanol–water partition coefficient (Wildman–Crippen LogP) is 20.6. The van der Waals surface area contributed by atoms with Gasteiger partial charge in [-0.25, -0.2) is 24.1 Å². The fraction of sp³-hybridized carbons (Fsp3) is 0.277. The molecule has 0 bridgehead atoms. The Bertz CT molecular complexity index is 4650. The van der Waals surface area contributed by atoms with Gasteiger partial charge in [0.1, 0.15) is 0 Å². The van der Waals surface area contributed by atoms with Gasteiger partial charge in [-0.3, -0.25) is 25.2 Å². The van der Waals surface area contributed by atoms with Gasteiger partial charge in [-0.2, -0.15) is 15.3 Å². The highest BCUT2D eigenvalue weighted by atomic mass is 35.5. The largest absolute Gasteiger partial charge is 0.379 e. The van der Waals surface area contributed by atoms with E-state index in [2.05, 4.69) is 34.4 Å². The number of hydrogen-bond acceptors (Lipinski definition) is 9. The summed E-state index contributed by atoms with van der Waals surface area (Å²) in [6, 6.07) is 53.6. The van der Waals surface area contributed by atoms with Gasteiger partial charge in [0, 0.05) is 63.0 Å².